The Labute approximate surface area is 169 Å². The summed E-state index contributed by atoms with van der Waals surface area (Å²) in [5, 5.41) is 0. The number of phosphoric acid groups is 1. The Morgan fingerprint density at radius 3 is 1.67 bits per heavy atom. The van der Waals surface area contributed by atoms with Crippen molar-refractivity contribution < 1.29 is 23.0 Å². The molecule has 27 heavy (non-hydrogen) atoms. The van der Waals surface area contributed by atoms with Gasteiger partial charge in [0.25, 0.3) is 0 Å². The molecule has 6 heteroatoms. The van der Waals surface area contributed by atoms with Gasteiger partial charge in [-0.25, -0.2) is 4.57 Å². The van der Waals surface area contributed by atoms with Gasteiger partial charge in [0.1, 0.15) is 13.2 Å². The highest BCUT2D eigenvalue weighted by atomic mass is 31.2. The summed E-state index contributed by atoms with van der Waals surface area (Å²) in [6, 6.07) is 0. The molecule has 0 bridgehead atoms. The molecule has 0 radical (unpaired) electrons. The van der Waals surface area contributed by atoms with Crippen molar-refractivity contribution in [3.05, 3.63) is 0 Å². The first-order chi connectivity index (χ1) is 12.8. The van der Waals surface area contributed by atoms with Gasteiger partial charge in [-0.3, -0.25) is 9.05 Å². The van der Waals surface area contributed by atoms with E-state index in [1.165, 1.54) is 70.6 Å². The number of unbranched alkanes of at least 4 members (excludes halogenated alkanes) is 11. The lowest BCUT2D eigenvalue weighted by Gasteiger charge is -2.29. The molecule has 0 rings (SSSR count). The number of hydrogen-bond donors (Lipinski definition) is 1. The Morgan fingerprint density at radius 2 is 1.11 bits per heavy atom. The molecular formula is C21H47NO4P+. The van der Waals surface area contributed by atoms with Crippen molar-refractivity contribution in [3.63, 3.8) is 0 Å². The van der Waals surface area contributed by atoms with Crippen LogP contribution in [0.25, 0.3) is 0 Å². The van der Waals surface area contributed by atoms with Crippen LogP contribution in [0.3, 0.4) is 0 Å². The molecule has 5 nitrogen and oxygen atoms in total. The van der Waals surface area contributed by atoms with E-state index in [4.69, 9.17) is 9.05 Å². The van der Waals surface area contributed by atoms with Gasteiger partial charge in [-0.05, 0) is 19.3 Å². The van der Waals surface area contributed by atoms with Crippen LogP contribution in [0.15, 0.2) is 0 Å². The lowest BCUT2D eigenvalue weighted by Crippen LogP contribution is -2.42. The summed E-state index contributed by atoms with van der Waals surface area (Å²) >= 11 is 0. The van der Waals surface area contributed by atoms with Crippen molar-refractivity contribution in [1.29, 1.82) is 0 Å². The fourth-order valence-electron chi connectivity index (χ4n) is 3.11. The molecule has 0 aromatic heterocycles. The number of quaternary nitrogens is 1. The standard InChI is InChI=1S/C21H46NO4P/c1-5-7-9-10-11-12-13-14-15-17-20-25-27(23,24)26-21-19-22(3,4)18-16-8-6-2/h5-21H2,1-4H3/p+1. The Balaban J connectivity index is 3.59. The second kappa shape index (κ2) is 17.0. The molecule has 0 aliphatic heterocycles. The average molecular weight is 409 g/mol. The van der Waals surface area contributed by atoms with Crippen LogP contribution in [0.5, 0.6) is 0 Å². The third-order valence-corrected chi connectivity index (χ3v) is 6.09. The number of hydrogen-bond acceptors (Lipinski definition) is 3. The van der Waals surface area contributed by atoms with E-state index in [0.29, 0.717) is 6.61 Å². The van der Waals surface area contributed by atoms with Gasteiger partial charge >= 0.3 is 7.82 Å². The van der Waals surface area contributed by atoms with Gasteiger partial charge in [-0.1, -0.05) is 78.1 Å². The van der Waals surface area contributed by atoms with E-state index < -0.39 is 7.82 Å². The fraction of sp³-hybridized carbons (Fsp3) is 1.00. The van der Waals surface area contributed by atoms with Crippen LogP contribution in [0.2, 0.25) is 0 Å². The highest BCUT2D eigenvalue weighted by molar-refractivity contribution is 7.47. The molecule has 0 fully saturated rings. The molecule has 1 unspecified atom stereocenters. The highest BCUT2D eigenvalue weighted by Gasteiger charge is 2.23. The minimum absolute atomic E-state index is 0.255. The molecule has 0 amide bonds. The van der Waals surface area contributed by atoms with E-state index in [9.17, 15) is 9.46 Å². The van der Waals surface area contributed by atoms with Crippen LogP contribution < -0.4 is 0 Å². The maximum atomic E-state index is 11.9. The SMILES string of the molecule is CCCCCCCCCCCCOP(=O)(O)OCC[N+](C)(C)CCCCC. The van der Waals surface area contributed by atoms with E-state index >= 15 is 0 Å². The molecule has 0 aliphatic rings. The molecule has 1 atom stereocenters. The maximum absolute atomic E-state index is 11.9. The van der Waals surface area contributed by atoms with Crippen LogP contribution in [-0.4, -0.2) is 49.8 Å². The lowest BCUT2D eigenvalue weighted by atomic mass is 10.1. The molecule has 0 heterocycles. The Bertz CT molecular complexity index is 377. The predicted octanol–water partition coefficient (Wildman–Crippen LogP) is 6.31. The summed E-state index contributed by atoms with van der Waals surface area (Å²) in [7, 11) is 0.365. The zero-order valence-corrected chi connectivity index (χ0v) is 19.5. The van der Waals surface area contributed by atoms with Gasteiger partial charge in [0.15, 0.2) is 0 Å². The smallest absolute Gasteiger partial charge is 0.327 e. The molecule has 0 aliphatic carbocycles. The van der Waals surface area contributed by atoms with Crippen molar-refractivity contribution in [1.82, 2.24) is 0 Å². The fourth-order valence-corrected chi connectivity index (χ4v) is 3.86. The molecule has 0 saturated carbocycles. The quantitative estimate of drug-likeness (QED) is 0.146. The summed E-state index contributed by atoms with van der Waals surface area (Å²) in [4.78, 5) is 9.77. The van der Waals surface area contributed by atoms with Gasteiger partial charge < -0.3 is 9.38 Å². The number of likely N-dealkylation sites (N-methyl/N-ethyl adjacent to an activating group) is 1. The van der Waals surface area contributed by atoms with Crippen molar-refractivity contribution in [2.75, 3.05) is 40.4 Å². The first-order valence-corrected chi connectivity index (χ1v) is 12.8. The van der Waals surface area contributed by atoms with Crippen LogP contribution in [0.4, 0.5) is 0 Å². The molecule has 0 spiro atoms. The number of phosphoric ester groups is 1. The monoisotopic (exact) mass is 408 g/mol. The summed E-state index contributed by atoms with van der Waals surface area (Å²) in [5.74, 6) is 0. The number of nitrogens with zero attached hydrogens (tertiary/aromatic N) is 1. The van der Waals surface area contributed by atoms with Crippen molar-refractivity contribution in [3.8, 4) is 0 Å². The van der Waals surface area contributed by atoms with Crippen molar-refractivity contribution in [2.45, 2.75) is 97.3 Å². The molecule has 164 valence electrons. The second-order valence-electron chi connectivity index (χ2n) is 8.41. The third-order valence-electron chi connectivity index (χ3n) is 5.07. The molecule has 0 aromatic carbocycles. The Hall–Kier alpha value is 0.0700. The van der Waals surface area contributed by atoms with Gasteiger partial charge in [-0.15, -0.1) is 0 Å². The van der Waals surface area contributed by atoms with Crippen molar-refractivity contribution >= 4 is 7.82 Å². The number of rotatable bonds is 20. The van der Waals surface area contributed by atoms with Crippen LogP contribution in [0, 0.1) is 0 Å². The first kappa shape index (κ1) is 27.1. The average Bonchev–Trinajstić information content (AvgIpc) is 2.59. The topological polar surface area (TPSA) is 55.8 Å². The molecule has 0 aromatic rings. The summed E-state index contributed by atoms with van der Waals surface area (Å²) in [6.45, 7) is 6.77. The highest BCUT2D eigenvalue weighted by Crippen LogP contribution is 2.43. The minimum Gasteiger partial charge on any atom is -0.327 e. The van der Waals surface area contributed by atoms with E-state index in [2.05, 4.69) is 27.9 Å². The second-order valence-corrected chi connectivity index (χ2v) is 9.86. The normalized spacial score (nSPS) is 14.4. The van der Waals surface area contributed by atoms with Crippen LogP contribution in [0.1, 0.15) is 97.3 Å². The van der Waals surface area contributed by atoms with Crippen LogP contribution in [-0.2, 0) is 13.6 Å². The largest absolute Gasteiger partial charge is 0.472 e. The third kappa shape index (κ3) is 19.2. The zero-order valence-electron chi connectivity index (χ0n) is 18.6. The van der Waals surface area contributed by atoms with E-state index in [0.717, 1.165) is 30.4 Å². The molecular weight excluding hydrogens is 361 g/mol. The lowest BCUT2D eigenvalue weighted by molar-refractivity contribution is -0.890. The molecule has 0 saturated heterocycles. The van der Waals surface area contributed by atoms with Gasteiger partial charge in [-0.2, -0.15) is 0 Å². The predicted molar refractivity (Wildman–Crippen MR) is 115 cm³/mol. The van der Waals surface area contributed by atoms with Crippen LogP contribution >= 0.6 is 7.82 Å². The minimum atomic E-state index is -3.90. The van der Waals surface area contributed by atoms with E-state index in [1.54, 1.807) is 0 Å². The Kier molecular flexibility index (Phi) is 17.0. The van der Waals surface area contributed by atoms with Gasteiger partial charge in [0.2, 0.25) is 0 Å². The Morgan fingerprint density at radius 1 is 0.667 bits per heavy atom. The molecule has 1 N–H and O–H groups in total. The van der Waals surface area contributed by atoms with Crippen molar-refractivity contribution in [2.24, 2.45) is 0 Å². The maximum Gasteiger partial charge on any atom is 0.472 e. The summed E-state index contributed by atoms with van der Waals surface area (Å²) in [5.41, 5.74) is 0. The van der Waals surface area contributed by atoms with Gasteiger partial charge in [0, 0.05) is 0 Å². The summed E-state index contributed by atoms with van der Waals surface area (Å²) in [6.07, 6.45) is 15.9. The summed E-state index contributed by atoms with van der Waals surface area (Å²) < 4.78 is 23.0. The zero-order chi connectivity index (χ0) is 20.4. The van der Waals surface area contributed by atoms with E-state index in [-0.39, 0.29) is 6.61 Å². The van der Waals surface area contributed by atoms with E-state index in [1.807, 2.05) is 0 Å². The first-order valence-electron chi connectivity index (χ1n) is 11.3. The van der Waals surface area contributed by atoms with Gasteiger partial charge in [0.05, 0.1) is 27.2 Å².